The number of nitrogens with zero attached hydrogens (tertiary/aromatic N) is 4. The first kappa shape index (κ1) is 14.1. The van der Waals surface area contributed by atoms with Crippen LogP contribution in [0.3, 0.4) is 0 Å². The highest BCUT2D eigenvalue weighted by Crippen LogP contribution is 2.29. The summed E-state index contributed by atoms with van der Waals surface area (Å²) in [7, 11) is 0. The van der Waals surface area contributed by atoms with Crippen molar-refractivity contribution in [2.24, 2.45) is 0 Å². The minimum absolute atomic E-state index is 0.0282. The molecular weight excluding hydrogens is 280 g/mol. The Labute approximate surface area is 128 Å². The van der Waals surface area contributed by atoms with E-state index >= 15 is 0 Å². The Hall–Kier alpha value is -2.81. The first-order chi connectivity index (χ1) is 10.7. The van der Waals surface area contributed by atoms with Crippen molar-refractivity contribution >= 4 is 11.9 Å². The minimum atomic E-state index is -0.450. The van der Waals surface area contributed by atoms with Crippen LogP contribution < -0.4 is 4.90 Å². The topological polar surface area (TPSA) is 71.2 Å². The monoisotopic (exact) mass is 296 g/mol. The van der Waals surface area contributed by atoms with Gasteiger partial charge in [-0.3, -0.25) is 4.90 Å². The third-order valence-corrected chi connectivity index (χ3v) is 3.76. The third-order valence-electron chi connectivity index (χ3n) is 3.76. The fourth-order valence-electron chi connectivity index (χ4n) is 2.58. The number of hydrogen-bond donors (Lipinski definition) is 0. The van der Waals surface area contributed by atoms with Crippen molar-refractivity contribution in [1.82, 2.24) is 9.78 Å². The lowest BCUT2D eigenvalue weighted by Crippen LogP contribution is -2.44. The molecular formula is C16H16N4O2. The van der Waals surface area contributed by atoms with Crippen LogP contribution >= 0.6 is 0 Å². The maximum atomic E-state index is 12.5. The molecule has 1 aromatic heterocycles. The highest BCUT2D eigenvalue weighted by molar-refractivity contribution is 5.89. The quantitative estimate of drug-likeness (QED) is 0.854. The molecule has 1 aliphatic rings. The van der Waals surface area contributed by atoms with Crippen molar-refractivity contribution in [3.05, 3.63) is 47.7 Å². The standard InChI is InChI=1S/C16H16N4O2/c1-12-7-8-19-15(14(9-17)10-18-19)20(12)16(21)22-11-13-5-3-2-4-6-13/h2-6,10,12H,7-8,11H2,1H3. The normalized spacial score (nSPS) is 16.7. The second-order valence-corrected chi connectivity index (χ2v) is 5.26. The second-order valence-electron chi connectivity index (χ2n) is 5.26. The lowest BCUT2D eigenvalue weighted by Gasteiger charge is -2.33. The van der Waals surface area contributed by atoms with Gasteiger partial charge in [0.15, 0.2) is 5.82 Å². The molecule has 1 atom stereocenters. The van der Waals surface area contributed by atoms with Crippen LogP contribution in [0, 0.1) is 11.3 Å². The average Bonchev–Trinajstić information content (AvgIpc) is 2.96. The molecule has 6 heteroatoms. The number of benzene rings is 1. The first-order valence-corrected chi connectivity index (χ1v) is 7.16. The largest absolute Gasteiger partial charge is 0.444 e. The Morgan fingerprint density at radius 1 is 1.45 bits per heavy atom. The molecule has 0 N–H and O–H groups in total. The molecule has 0 saturated carbocycles. The molecule has 0 fully saturated rings. The molecule has 6 nitrogen and oxygen atoms in total. The van der Waals surface area contributed by atoms with Gasteiger partial charge in [0.25, 0.3) is 0 Å². The van der Waals surface area contributed by atoms with Crippen LogP contribution in [0.5, 0.6) is 0 Å². The van der Waals surface area contributed by atoms with Gasteiger partial charge in [-0.1, -0.05) is 30.3 Å². The molecule has 0 saturated heterocycles. The highest BCUT2D eigenvalue weighted by atomic mass is 16.6. The van der Waals surface area contributed by atoms with Gasteiger partial charge in [0.1, 0.15) is 18.2 Å². The second kappa shape index (κ2) is 5.90. The van der Waals surface area contributed by atoms with E-state index < -0.39 is 6.09 Å². The summed E-state index contributed by atoms with van der Waals surface area (Å²) in [5, 5.41) is 13.4. The first-order valence-electron chi connectivity index (χ1n) is 7.16. The molecule has 0 spiro atoms. The van der Waals surface area contributed by atoms with E-state index in [0.717, 1.165) is 12.0 Å². The Morgan fingerprint density at radius 3 is 2.95 bits per heavy atom. The maximum Gasteiger partial charge on any atom is 0.416 e. The molecule has 0 radical (unpaired) electrons. The number of carbonyl (C=O) groups is 1. The van der Waals surface area contributed by atoms with Gasteiger partial charge in [-0.2, -0.15) is 10.4 Å². The van der Waals surface area contributed by atoms with Crippen LogP contribution in [0.4, 0.5) is 10.6 Å². The predicted octanol–water partition coefficient (Wildman–Crippen LogP) is 2.69. The molecule has 1 aliphatic heterocycles. The summed E-state index contributed by atoms with van der Waals surface area (Å²) in [6.07, 6.45) is 1.82. The molecule has 22 heavy (non-hydrogen) atoms. The van der Waals surface area contributed by atoms with Gasteiger partial charge in [0.05, 0.1) is 6.20 Å². The third kappa shape index (κ3) is 2.53. The fraction of sp³-hybridized carbons (Fsp3) is 0.312. The van der Waals surface area contributed by atoms with Crippen molar-refractivity contribution in [2.75, 3.05) is 4.90 Å². The Morgan fingerprint density at radius 2 is 2.23 bits per heavy atom. The number of carbonyl (C=O) groups excluding carboxylic acids is 1. The van der Waals surface area contributed by atoms with Crippen LogP contribution in [-0.4, -0.2) is 21.9 Å². The number of aryl methyl sites for hydroxylation is 1. The summed E-state index contributed by atoms with van der Waals surface area (Å²) in [5.74, 6) is 0.527. The van der Waals surface area contributed by atoms with Crippen LogP contribution in [-0.2, 0) is 17.9 Å². The molecule has 1 unspecified atom stereocenters. The highest BCUT2D eigenvalue weighted by Gasteiger charge is 2.33. The number of anilines is 1. The number of hydrogen-bond acceptors (Lipinski definition) is 4. The number of fused-ring (bicyclic) bond motifs is 1. The lowest BCUT2D eigenvalue weighted by molar-refractivity contribution is 0.142. The SMILES string of the molecule is CC1CCn2ncc(C#N)c2N1C(=O)OCc1ccccc1. The molecule has 2 aromatic rings. The molecule has 1 aromatic carbocycles. The summed E-state index contributed by atoms with van der Waals surface area (Å²) >= 11 is 0. The van der Waals surface area contributed by atoms with E-state index in [9.17, 15) is 10.1 Å². The molecule has 0 aliphatic carbocycles. The number of ether oxygens (including phenoxy) is 1. The Balaban J connectivity index is 1.80. The zero-order valence-corrected chi connectivity index (χ0v) is 12.3. The van der Waals surface area contributed by atoms with Crippen molar-refractivity contribution in [3.63, 3.8) is 0 Å². The summed E-state index contributed by atoms with van der Waals surface area (Å²) in [4.78, 5) is 14.0. The molecule has 112 valence electrons. The minimum Gasteiger partial charge on any atom is -0.444 e. The summed E-state index contributed by atoms with van der Waals surface area (Å²) in [6.45, 7) is 2.85. The summed E-state index contributed by atoms with van der Waals surface area (Å²) in [6, 6.07) is 11.6. The average molecular weight is 296 g/mol. The van der Waals surface area contributed by atoms with E-state index in [2.05, 4.69) is 11.2 Å². The zero-order valence-electron chi connectivity index (χ0n) is 12.3. The van der Waals surface area contributed by atoms with Crippen LogP contribution in [0.2, 0.25) is 0 Å². The van der Waals surface area contributed by atoms with Crippen LogP contribution in [0.15, 0.2) is 36.5 Å². The van der Waals surface area contributed by atoms with E-state index in [4.69, 9.17) is 4.74 Å². The zero-order chi connectivity index (χ0) is 15.5. The van der Waals surface area contributed by atoms with Crippen molar-refractivity contribution < 1.29 is 9.53 Å². The summed E-state index contributed by atoms with van der Waals surface area (Å²) in [5.41, 5.74) is 1.32. The molecule has 0 bridgehead atoms. The van der Waals surface area contributed by atoms with Gasteiger partial charge in [-0.15, -0.1) is 0 Å². The fourth-order valence-corrected chi connectivity index (χ4v) is 2.58. The van der Waals surface area contributed by atoms with Crippen molar-refractivity contribution in [1.29, 1.82) is 5.26 Å². The molecule has 3 rings (SSSR count). The number of aromatic nitrogens is 2. The number of nitriles is 1. The smallest absolute Gasteiger partial charge is 0.416 e. The van der Waals surface area contributed by atoms with E-state index in [-0.39, 0.29) is 12.6 Å². The Bertz CT molecular complexity index is 717. The number of amides is 1. The van der Waals surface area contributed by atoms with E-state index in [1.807, 2.05) is 37.3 Å². The van der Waals surface area contributed by atoms with Gasteiger partial charge in [0.2, 0.25) is 0 Å². The van der Waals surface area contributed by atoms with Crippen molar-refractivity contribution in [3.8, 4) is 6.07 Å². The molecule has 2 heterocycles. The van der Waals surface area contributed by atoms with Crippen LogP contribution in [0.25, 0.3) is 0 Å². The van der Waals surface area contributed by atoms with E-state index in [0.29, 0.717) is 17.9 Å². The van der Waals surface area contributed by atoms with Gasteiger partial charge in [0, 0.05) is 12.6 Å². The van der Waals surface area contributed by atoms with Crippen LogP contribution in [0.1, 0.15) is 24.5 Å². The lowest BCUT2D eigenvalue weighted by atomic mass is 10.1. The molecule has 1 amide bonds. The van der Waals surface area contributed by atoms with E-state index in [1.54, 1.807) is 4.68 Å². The summed E-state index contributed by atoms with van der Waals surface area (Å²) < 4.78 is 7.08. The van der Waals surface area contributed by atoms with Crippen molar-refractivity contribution in [2.45, 2.75) is 32.5 Å². The van der Waals surface area contributed by atoms with Gasteiger partial charge in [-0.25, -0.2) is 9.48 Å². The van der Waals surface area contributed by atoms with Gasteiger partial charge >= 0.3 is 6.09 Å². The van der Waals surface area contributed by atoms with E-state index in [1.165, 1.54) is 11.1 Å². The predicted molar refractivity (Wildman–Crippen MR) is 80.1 cm³/mol. The number of rotatable bonds is 2. The van der Waals surface area contributed by atoms with Gasteiger partial charge < -0.3 is 4.74 Å². The Kier molecular flexibility index (Phi) is 3.79. The van der Waals surface area contributed by atoms with Gasteiger partial charge in [-0.05, 0) is 18.9 Å². The maximum absolute atomic E-state index is 12.5.